The van der Waals surface area contributed by atoms with E-state index in [1.54, 1.807) is 4.90 Å². The Morgan fingerprint density at radius 2 is 2.32 bits per heavy atom. The Balaban J connectivity index is 2.15. The van der Waals surface area contributed by atoms with Crippen molar-refractivity contribution in [3.8, 4) is 6.07 Å². The molecule has 0 bridgehead atoms. The number of likely N-dealkylation sites (tertiary alicyclic amines) is 1. The molecule has 5 nitrogen and oxygen atoms in total. The van der Waals surface area contributed by atoms with Gasteiger partial charge in [-0.2, -0.15) is 5.26 Å². The van der Waals surface area contributed by atoms with Crippen molar-refractivity contribution in [1.82, 2.24) is 9.88 Å². The summed E-state index contributed by atoms with van der Waals surface area (Å²) in [5, 5.41) is 9.51. The minimum absolute atomic E-state index is 0.133. The van der Waals surface area contributed by atoms with Gasteiger partial charge in [0.2, 0.25) is 0 Å². The lowest BCUT2D eigenvalue weighted by atomic mass is 9.83. The molecule has 6 heteroatoms. The Morgan fingerprint density at radius 3 is 2.89 bits per heavy atom. The summed E-state index contributed by atoms with van der Waals surface area (Å²) in [4.78, 5) is 29.6. The zero-order valence-electron chi connectivity index (χ0n) is 11.0. The zero-order valence-corrected chi connectivity index (χ0v) is 11.8. The van der Waals surface area contributed by atoms with Crippen LogP contribution >= 0.6 is 11.3 Å². The second-order valence-electron chi connectivity index (χ2n) is 5.09. The largest absolute Gasteiger partial charge is 0.336 e. The van der Waals surface area contributed by atoms with Crippen molar-refractivity contribution in [2.75, 3.05) is 13.1 Å². The maximum absolute atomic E-state index is 12.3. The summed E-state index contributed by atoms with van der Waals surface area (Å²) in [6.07, 6.45) is 3.09. The first-order valence-corrected chi connectivity index (χ1v) is 6.94. The van der Waals surface area contributed by atoms with Crippen LogP contribution in [0.25, 0.3) is 0 Å². The molecule has 1 aliphatic rings. The predicted molar refractivity (Wildman–Crippen MR) is 71.0 cm³/mol. The molecule has 0 saturated carbocycles. The van der Waals surface area contributed by atoms with Crippen LogP contribution in [-0.2, 0) is 0 Å². The molecule has 1 amide bonds. The standard InChI is InChI=1S/C13H15N3O2S/c1-9(17)11-15-6-10(19-11)12(18)16-5-3-4-13(2,7-14)8-16/h6H,3-5,8H2,1-2H3. The van der Waals surface area contributed by atoms with Gasteiger partial charge in [-0.3, -0.25) is 9.59 Å². The molecule has 1 atom stereocenters. The number of thiazole rings is 1. The zero-order chi connectivity index (χ0) is 14.0. The van der Waals surface area contributed by atoms with Crippen LogP contribution in [0, 0.1) is 16.7 Å². The van der Waals surface area contributed by atoms with Gasteiger partial charge in [0.15, 0.2) is 10.8 Å². The number of hydrogen-bond donors (Lipinski definition) is 0. The summed E-state index contributed by atoms with van der Waals surface area (Å²) in [7, 11) is 0. The van der Waals surface area contributed by atoms with Gasteiger partial charge in [-0.15, -0.1) is 11.3 Å². The van der Waals surface area contributed by atoms with Gasteiger partial charge in [0.1, 0.15) is 4.88 Å². The van der Waals surface area contributed by atoms with Gasteiger partial charge >= 0.3 is 0 Å². The molecule has 0 N–H and O–H groups in total. The van der Waals surface area contributed by atoms with E-state index in [1.807, 2.05) is 6.92 Å². The quantitative estimate of drug-likeness (QED) is 0.776. The molecule has 1 aliphatic heterocycles. The molecular formula is C13H15N3O2S. The molecule has 100 valence electrons. The van der Waals surface area contributed by atoms with Crippen LogP contribution in [0.3, 0.4) is 0 Å². The highest BCUT2D eigenvalue weighted by Gasteiger charge is 2.34. The van der Waals surface area contributed by atoms with E-state index in [-0.39, 0.29) is 11.7 Å². The lowest BCUT2D eigenvalue weighted by Gasteiger charge is -2.35. The van der Waals surface area contributed by atoms with Crippen LogP contribution < -0.4 is 0 Å². The summed E-state index contributed by atoms with van der Waals surface area (Å²) >= 11 is 1.12. The Kier molecular flexibility index (Phi) is 3.67. The maximum Gasteiger partial charge on any atom is 0.265 e. The lowest BCUT2D eigenvalue weighted by Crippen LogP contribution is -2.44. The van der Waals surface area contributed by atoms with E-state index in [1.165, 1.54) is 13.1 Å². The van der Waals surface area contributed by atoms with Crippen molar-refractivity contribution in [2.24, 2.45) is 5.41 Å². The van der Waals surface area contributed by atoms with Gasteiger partial charge in [0.25, 0.3) is 5.91 Å². The lowest BCUT2D eigenvalue weighted by molar-refractivity contribution is 0.0634. The first-order chi connectivity index (χ1) is 8.95. The van der Waals surface area contributed by atoms with Gasteiger partial charge in [-0.05, 0) is 19.8 Å². The van der Waals surface area contributed by atoms with Crippen LogP contribution in [0.5, 0.6) is 0 Å². The van der Waals surface area contributed by atoms with Gasteiger partial charge < -0.3 is 4.90 Å². The van der Waals surface area contributed by atoms with E-state index in [9.17, 15) is 9.59 Å². The van der Waals surface area contributed by atoms with Crippen LogP contribution in [0.2, 0.25) is 0 Å². The van der Waals surface area contributed by atoms with Gasteiger partial charge in [-0.1, -0.05) is 0 Å². The molecular weight excluding hydrogens is 262 g/mol. The molecule has 1 saturated heterocycles. The third-order valence-corrected chi connectivity index (χ3v) is 4.36. The highest BCUT2D eigenvalue weighted by molar-refractivity contribution is 7.15. The van der Waals surface area contributed by atoms with Crippen LogP contribution in [0.1, 0.15) is 46.2 Å². The number of aromatic nitrogens is 1. The van der Waals surface area contributed by atoms with Gasteiger partial charge in [0, 0.05) is 20.0 Å². The number of carbonyl (C=O) groups is 2. The first-order valence-electron chi connectivity index (χ1n) is 6.12. The van der Waals surface area contributed by atoms with E-state index in [0.717, 1.165) is 24.2 Å². The number of carbonyl (C=O) groups excluding carboxylic acids is 2. The molecule has 1 aromatic heterocycles. The molecule has 1 fully saturated rings. The summed E-state index contributed by atoms with van der Waals surface area (Å²) in [5.41, 5.74) is -0.470. The molecule has 1 unspecified atom stereocenters. The highest BCUT2D eigenvalue weighted by Crippen LogP contribution is 2.29. The minimum Gasteiger partial charge on any atom is -0.336 e. The summed E-state index contributed by atoms with van der Waals surface area (Å²) in [6, 6.07) is 2.28. The Morgan fingerprint density at radius 1 is 1.58 bits per heavy atom. The number of nitrogens with zero attached hydrogens (tertiary/aromatic N) is 3. The third-order valence-electron chi connectivity index (χ3n) is 3.27. The maximum atomic E-state index is 12.3. The molecule has 2 heterocycles. The monoisotopic (exact) mass is 277 g/mol. The van der Waals surface area contributed by atoms with E-state index < -0.39 is 5.41 Å². The van der Waals surface area contributed by atoms with Crippen LogP contribution in [0.15, 0.2) is 6.20 Å². The normalized spacial score (nSPS) is 22.9. The van der Waals surface area contributed by atoms with E-state index in [2.05, 4.69) is 11.1 Å². The Bertz CT molecular complexity index is 560. The van der Waals surface area contributed by atoms with E-state index >= 15 is 0 Å². The highest BCUT2D eigenvalue weighted by atomic mass is 32.1. The average molecular weight is 277 g/mol. The third kappa shape index (κ3) is 2.82. The van der Waals surface area contributed by atoms with Crippen molar-refractivity contribution in [2.45, 2.75) is 26.7 Å². The van der Waals surface area contributed by atoms with E-state index in [4.69, 9.17) is 5.26 Å². The van der Waals surface area contributed by atoms with Crippen LogP contribution in [0.4, 0.5) is 0 Å². The molecule has 0 radical (unpaired) electrons. The molecule has 0 aromatic carbocycles. The average Bonchev–Trinajstić information content (AvgIpc) is 2.87. The molecule has 0 spiro atoms. The van der Waals surface area contributed by atoms with Gasteiger partial charge in [0.05, 0.1) is 17.7 Å². The molecule has 19 heavy (non-hydrogen) atoms. The van der Waals surface area contributed by atoms with Crippen molar-refractivity contribution >= 4 is 23.0 Å². The van der Waals surface area contributed by atoms with Crippen molar-refractivity contribution in [1.29, 1.82) is 5.26 Å². The fourth-order valence-corrected chi connectivity index (χ4v) is 2.97. The number of ketones is 1. The molecule has 2 rings (SSSR count). The summed E-state index contributed by atoms with van der Waals surface area (Å²) in [5.74, 6) is -0.268. The number of Topliss-reactive ketones (excluding diaryl/α,β-unsaturated/α-hetero) is 1. The molecule has 1 aromatic rings. The van der Waals surface area contributed by atoms with Gasteiger partial charge in [-0.25, -0.2) is 4.98 Å². The fourth-order valence-electron chi connectivity index (χ4n) is 2.20. The Hall–Kier alpha value is -1.74. The van der Waals surface area contributed by atoms with Crippen LogP contribution in [-0.4, -0.2) is 34.7 Å². The smallest absolute Gasteiger partial charge is 0.265 e. The van der Waals surface area contributed by atoms with Crippen molar-refractivity contribution in [3.63, 3.8) is 0 Å². The van der Waals surface area contributed by atoms with Crippen molar-refractivity contribution < 1.29 is 9.59 Å². The first kappa shape index (κ1) is 13.7. The van der Waals surface area contributed by atoms with Crippen molar-refractivity contribution in [3.05, 3.63) is 16.1 Å². The number of amides is 1. The fraction of sp³-hybridized carbons (Fsp3) is 0.538. The summed E-state index contributed by atoms with van der Waals surface area (Å²) < 4.78 is 0. The second kappa shape index (κ2) is 5.10. The number of piperidine rings is 1. The number of hydrogen-bond acceptors (Lipinski definition) is 5. The topological polar surface area (TPSA) is 74.1 Å². The number of nitriles is 1. The Labute approximate surface area is 115 Å². The SMILES string of the molecule is CC(=O)c1ncc(C(=O)N2CCCC(C)(C#N)C2)s1. The number of rotatable bonds is 2. The second-order valence-corrected chi connectivity index (χ2v) is 6.12. The molecule has 0 aliphatic carbocycles. The summed E-state index contributed by atoms with van der Waals surface area (Å²) in [6.45, 7) is 4.40. The van der Waals surface area contributed by atoms with E-state index in [0.29, 0.717) is 23.0 Å². The predicted octanol–water partition coefficient (Wildman–Crippen LogP) is 2.11. The minimum atomic E-state index is -0.470.